The van der Waals surface area contributed by atoms with Crippen molar-refractivity contribution >= 4 is 16.0 Å². The maximum Gasteiger partial charge on any atom is 0.265 e. The first-order valence-electron chi connectivity index (χ1n) is 8.54. The first-order valence-corrected chi connectivity index (χ1v) is 10.2. The van der Waals surface area contributed by atoms with Crippen LogP contribution in [0.25, 0.3) is 0 Å². The van der Waals surface area contributed by atoms with Crippen molar-refractivity contribution in [2.75, 3.05) is 52.7 Å². The van der Waals surface area contributed by atoms with E-state index in [9.17, 15) is 13.2 Å². The number of hydrogen-bond donors (Lipinski definition) is 2. The lowest BCUT2D eigenvalue weighted by Crippen LogP contribution is -2.43. The lowest BCUT2D eigenvalue weighted by molar-refractivity contribution is -0.890. The van der Waals surface area contributed by atoms with Crippen molar-refractivity contribution in [3.05, 3.63) is 48.1 Å². The summed E-state index contributed by atoms with van der Waals surface area (Å²) in [5.41, 5.74) is 0.585. The highest BCUT2D eigenvalue weighted by atomic mass is 32.2. The van der Waals surface area contributed by atoms with Gasteiger partial charge < -0.3 is 14.5 Å². The van der Waals surface area contributed by atoms with Crippen molar-refractivity contribution in [3.63, 3.8) is 0 Å². The lowest BCUT2D eigenvalue weighted by atomic mass is 10.1. The average Bonchev–Trinajstić information content (AvgIpc) is 2.48. The fraction of sp³-hybridized carbons (Fsp3) is 0.500. The third kappa shape index (κ3) is 11.0. The highest BCUT2D eigenvalue weighted by molar-refractivity contribution is 7.85. The number of allylic oxidation sites excluding steroid dienone is 6. The molecule has 0 fully saturated rings. The van der Waals surface area contributed by atoms with Gasteiger partial charge in [-0.2, -0.15) is 8.42 Å². The third-order valence-corrected chi connectivity index (χ3v) is 4.60. The zero-order chi connectivity index (χ0) is 19.5. The standard InChI is InChI=1S/C18H28N2O5S/c1-20(2,12-8-16-26(22,23)24)13-15-25-14-11-19-18(21)17-9-6-4-3-5-7-10-17/h3-7,9-10H,8,11-16H2,1-2H3,(H-,19,21,22,23,24)/p+1/b4-3-,5-3?,6-4?,7-5-,9-6-,10-7?,17-9?,17-10+. The van der Waals surface area contributed by atoms with Gasteiger partial charge in [-0.25, -0.2) is 0 Å². The minimum atomic E-state index is -3.90. The molecule has 1 rings (SSSR count). The van der Waals surface area contributed by atoms with Gasteiger partial charge in [0.2, 0.25) is 0 Å². The Balaban J connectivity index is 2.17. The number of carbonyl (C=O) groups excluding carboxylic acids is 1. The molecular weight excluding hydrogens is 356 g/mol. The van der Waals surface area contributed by atoms with Gasteiger partial charge in [0.15, 0.2) is 0 Å². The van der Waals surface area contributed by atoms with E-state index in [0.717, 1.165) is 0 Å². The molecule has 26 heavy (non-hydrogen) atoms. The van der Waals surface area contributed by atoms with Gasteiger partial charge in [-0.1, -0.05) is 30.4 Å². The summed E-state index contributed by atoms with van der Waals surface area (Å²) in [6, 6.07) is 0. The number of ether oxygens (including phenoxy) is 1. The van der Waals surface area contributed by atoms with Crippen molar-refractivity contribution in [2.45, 2.75) is 6.42 Å². The van der Waals surface area contributed by atoms with Gasteiger partial charge in [0, 0.05) is 18.5 Å². The molecule has 0 aromatic rings. The molecule has 0 bridgehead atoms. The number of nitrogens with one attached hydrogen (secondary N) is 1. The molecule has 8 heteroatoms. The van der Waals surface area contributed by atoms with Crippen LogP contribution in [0.4, 0.5) is 0 Å². The van der Waals surface area contributed by atoms with E-state index in [1.54, 1.807) is 12.2 Å². The van der Waals surface area contributed by atoms with Crippen LogP contribution in [0.3, 0.4) is 0 Å². The molecule has 0 heterocycles. The van der Waals surface area contributed by atoms with E-state index in [-0.39, 0.29) is 11.7 Å². The zero-order valence-electron chi connectivity index (χ0n) is 15.4. The number of likely N-dealkylation sites (N-methyl/N-ethyl adjacent to an activating group) is 1. The molecule has 1 aliphatic carbocycles. The zero-order valence-corrected chi connectivity index (χ0v) is 16.2. The maximum absolute atomic E-state index is 12.0. The van der Waals surface area contributed by atoms with E-state index < -0.39 is 10.1 Å². The minimum absolute atomic E-state index is 0.147. The first-order chi connectivity index (χ1) is 12.2. The third-order valence-electron chi connectivity index (χ3n) is 3.80. The van der Waals surface area contributed by atoms with Gasteiger partial charge in [-0.15, -0.1) is 0 Å². The molecule has 0 atom stereocenters. The van der Waals surface area contributed by atoms with Crippen molar-refractivity contribution in [1.82, 2.24) is 5.32 Å². The van der Waals surface area contributed by atoms with Gasteiger partial charge in [-0.3, -0.25) is 9.35 Å². The van der Waals surface area contributed by atoms with E-state index in [0.29, 0.717) is 49.3 Å². The fourth-order valence-corrected chi connectivity index (χ4v) is 2.75. The molecule has 0 radical (unpaired) electrons. The van der Waals surface area contributed by atoms with Crippen molar-refractivity contribution in [2.24, 2.45) is 0 Å². The lowest BCUT2D eigenvalue weighted by Gasteiger charge is -2.29. The highest BCUT2D eigenvalue weighted by Crippen LogP contribution is 2.02. The Kier molecular flexibility index (Phi) is 9.50. The van der Waals surface area contributed by atoms with Gasteiger partial charge in [0.1, 0.15) is 6.54 Å². The molecule has 0 aliphatic heterocycles. The molecular formula is C18H29N2O5S+. The Bertz CT molecular complexity index is 676. The second kappa shape index (κ2) is 11.1. The topological polar surface area (TPSA) is 92.7 Å². The van der Waals surface area contributed by atoms with Crippen LogP contribution >= 0.6 is 0 Å². The van der Waals surface area contributed by atoms with E-state index in [2.05, 4.69) is 5.32 Å². The Labute approximate surface area is 156 Å². The predicted octanol–water partition coefficient (Wildman–Crippen LogP) is 1.08. The van der Waals surface area contributed by atoms with Gasteiger partial charge in [0.25, 0.3) is 16.0 Å². The average molecular weight is 386 g/mol. The largest absolute Gasteiger partial charge is 0.374 e. The van der Waals surface area contributed by atoms with E-state index in [1.165, 1.54) is 0 Å². The van der Waals surface area contributed by atoms with Crippen LogP contribution in [-0.2, 0) is 19.6 Å². The Morgan fingerprint density at radius 3 is 2.54 bits per heavy atom. The highest BCUT2D eigenvalue weighted by Gasteiger charge is 2.16. The monoisotopic (exact) mass is 385 g/mol. The van der Waals surface area contributed by atoms with Crippen LogP contribution in [0.1, 0.15) is 6.42 Å². The molecule has 146 valence electrons. The number of quaternary nitrogens is 1. The first kappa shape index (κ1) is 22.3. The van der Waals surface area contributed by atoms with Crippen LogP contribution in [0, 0.1) is 0 Å². The minimum Gasteiger partial charge on any atom is -0.374 e. The maximum atomic E-state index is 12.0. The van der Waals surface area contributed by atoms with Crippen LogP contribution in [0.2, 0.25) is 0 Å². The van der Waals surface area contributed by atoms with Crippen LogP contribution < -0.4 is 5.32 Å². The molecule has 1 aliphatic rings. The summed E-state index contributed by atoms with van der Waals surface area (Å²) in [6.07, 6.45) is 13.1. The molecule has 0 saturated carbocycles. The second-order valence-electron chi connectivity index (χ2n) is 6.64. The molecule has 0 saturated heterocycles. The van der Waals surface area contributed by atoms with Crippen LogP contribution in [-0.4, -0.2) is 76.1 Å². The summed E-state index contributed by atoms with van der Waals surface area (Å²) in [6.45, 7) is 2.67. The Morgan fingerprint density at radius 2 is 1.81 bits per heavy atom. The van der Waals surface area contributed by atoms with Gasteiger partial charge in [0.05, 0.1) is 39.6 Å². The quantitative estimate of drug-likeness (QED) is 0.315. The molecule has 0 aromatic carbocycles. The number of rotatable bonds is 11. The van der Waals surface area contributed by atoms with E-state index in [1.807, 2.05) is 44.5 Å². The number of carbonyl (C=O) groups is 1. The summed E-state index contributed by atoms with van der Waals surface area (Å²) in [7, 11) is 0.0538. The molecule has 0 spiro atoms. The molecule has 0 aromatic heterocycles. The Morgan fingerprint density at radius 1 is 1.12 bits per heavy atom. The van der Waals surface area contributed by atoms with E-state index >= 15 is 0 Å². The number of amides is 1. The summed E-state index contributed by atoms with van der Waals surface area (Å²) >= 11 is 0. The smallest absolute Gasteiger partial charge is 0.265 e. The molecule has 7 nitrogen and oxygen atoms in total. The summed E-state index contributed by atoms with van der Waals surface area (Å²) in [5, 5.41) is 2.81. The SMILES string of the molecule is C[N+](C)(CCCS(=O)(=O)O)CCOCCNC(=O)C1=C/C=C\C=C/C=C\1. The van der Waals surface area contributed by atoms with Crippen molar-refractivity contribution in [1.29, 1.82) is 0 Å². The molecule has 1 amide bonds. The summed E-state index contributed by atoms with van der Waals surface area (Å²) in [5.74, 6) is -0.372. The van der Waals surface area contributed by atoms with Crippen LogP contribution in [0.5, 0.6) is 0 Å². The van der Waals surface area contributed by atoms with Crippen molar-refractivity contribution < 1.29 is 27.0 Å². The number of hydrogen-bond acceptors (Lipinski definition) is 4. The summed E-state index contributed by atoms with van der Waals surface area (Å²) in [4.78, 5) is 12.0. The van der Waals surface area contributed by atoms with E-state index in [4.69, 9.17) is 9.29 Å². The molecule has 2 N–H and O–H groups in total. The van der Waals surface area contributed by atoms with Crippen LogP contribution in [0.15, 0.2) is 48.1 Å². The normalized spacial score (nSPS) is 20.3. The molecule has 0 unspecified atom stereocenters. The summed E-state index contributed by atoms with van der Waals surface area (Å²) < 4.78 is 36.3. The van der Waals surface area contributed by atoms with Crippen molar-refractivity contribution in [3.8, 4) is 0 Å². The predicted molar refractivity (Wildman–Crippen MR) is 102 cm³/mol. The van der Waals surface area contributed by atoms with Gasteiger partial charge >= 0.3 is 0 Å². The van der Waals surface area contributed by atoms with Gasteiger partial charge in [-0.05, 0) is 12.2 Å². The number of nitrogens with zero attached hydrogens (tertiary/aromatic N) is 1. The second-order valence-corrected chi connectivity index (χ2v) is 8.21. The Hall–Kier alpha value is -1.74. The fourth-order valence-electron chi connectivity index (χ4n) is 2.26.